The molecule has 1 fully saturated rings. The Bertz CT molecular complexity index is 1290. The van der Waals surface area contributed by atoms with E-state index in [1.807, 2.05) is 0 Å². The van der Waals surface area contributed by atoms with Crippen LogP contribution in [-0.2, 0) is 11.7 Å². The van der Waals surface area contributed by atoms with Gasteiger partial charge < -0.3 is 9.88 Å². The quantitative estimate of drug-likeness (QED) is 0.498. The predicted octanol–water partition coefficient (Wildman–Crippen LogP) is 5.74. The van der Waals surface area contributed by atoms with Gasteiger partial charge in [0.15, 0.2) is 0 Å². The number of fused-ring (bicyclic) bond motifs is 1. The third-order valence-electron chi connectivity index (χ3n) is 6.20. The summed E-state index contributed by atoms with van der Waals surface area (Å²) >= 11 is 0. The molecule has 1 aromatic carbocycles. The van der Waals surface area contributed by atoms with Gasteiger partial charge in [-0.15, -0.1) is 0 Å². The zero-order chi connectivity index (χ0) is 24.3. The fraction of sp³-hybridized carbons (Fsp3) is 0.435. The summed E-state index contributed by atoms with van der Waals surface area (Å²) in [6.07, 6.45) is -3.93. The molecule has 2 aromatic heterocycles. The van der Waals surface area contributed by atoms with Crippen LogP contribution in [0.25, 0.3) is 10.9 Å². The Labute approximate surface area is 186 Å². The van der Waals surface area contributed by atoms with Crippen molar-refractivity contribution in [1.29, 1.82) is 0 Å². The highest BCUT2D eigenvalue weighted by molar-refractivity contribution is 5.88. The SMILES string of the molecule is Cc1nc(N[C@H](C)c2cccc(C(F)(F)F)c2C)c2cn(C3(C)CC(F)(F)C3)c(=O)cc2n1. The molecule has 0 aliphatic heterocycles. The molecule has 3 aromatic rings. The van der Waals surface area contributed by atoms with E-state index in [9.17, 15) is 26.7 Å². The summed E-state index contributed by atoms with van der Waals surface area (Å²) in [5.41, 5.74) is -1.35. The summed E-state index contributed by atoms with van der Waals surface area (Å²) in [5.74, 6) is -2.16. The molecule has 0 radical (unpaired) electrons. The topological polar surface area (TPSA) is 59.8 Å². The molecule has 0 amide bonds. The van der Waals surface area contributed by atoms with Crippen molar-refractivity contribution in [1.82, 2.24) is 14.5 Å². The standard InChI is InChI=1S/C23H23F5N4O/c1-12-15(6-5-7-17(12)23(26,27)28)13(2)29-20-16-9-32(21(4)10-22(24,25)11-21)19(33)8-18(16)30-14(3)31-20/h5-9,13H,10-11H2,1-4H3,(H,29,30,31)/t13-/m1/s1. The van der Waals surface area contributed by atoms with Gasteiger partial charge in [-0.3, -0.25) is 4.79 Å². The summed E-state index contributed by atoms with van der Waals surface area (Å²) in [6, 6.07) is 4.70. The third kappa shape index (κ3) is 4.18. The Balaban J connectivity index is 1.77. The van der Waals surface area contributed by atoms with Crippen molar-refractivity contribution in [2.45, 2.75) is 64.2 Å². The van der Waals surface area contributed by atoms with Gasteiger partial charge in [0.2, 0.25) is 0 Å². The first-order chi connectivity index (χ1) is 15.2. The minimum atomic E-state index is -4.48. The van der Waals surface area contributed by atoms with Gasteiger partial charge in [0, 0.05) is 25.1 Å². The van der Waals surface area contributed by atoms with E-state index in [-0.39, 0.29) is 5.56 Å². The highest BCUT2D eigenvalue weighted by atomic mass is 19.4. The van der Waals surface area contributed by atoms with E-state index in [0.29, 0.717) is 28.1 Å². The molecule has 33 heavy (non-hydrogen) atoms. The molecular weight excluding hydrogens is 443 g/mol. The van der Waals surface area contributed by atoms with Crippen molar-refractivity contribution in [3.8, 4) is 0 Å². The number of anilines is 1. The molecule has 4 rings (SSSR count). The molecule has 1 saturated carbocycles. The molecule has 1 N–H and O–H groups in total. The number of rotatable bonds is 4. The average molecular weight is 466 g/mol. The molecule has 0 unspecified atom stereocenters. The van der Waals surface area contributed by atoms with Gasteiger partial charge >= 0.3 is 6.18 Å². The number of pyridine rings is 1. The first-order valence-corrected chi connectivity index (χ1v) is 10.4. The second kappa shape index (κ2) is 7.50. The summed E-state index contributed by atoms with van der Waals surface area (Å²) in [4.78, 5) is 21.3. The second-order valence-corrected chi connectivity index (χ2v) is 8.99. The fourth-order valence-electron chi connectivity index (χ4n) is 4.70. The Kier molecular flexibility index (Phi) is 5.25. The lowest BCUT2D eigenvalue weighted by Gasteiger charge is -2.46. The molecule has 0 spiro atoms. The van der Waals surface area contributed by atoms with E-state index in [2.05, 4.69) is 15.3 Å². The number of aromatic nitrogens is 3. The van der Waals surface area contributed by atoms with Crippen molar-refractivity contribution < 1.29 is 22.0 Å². The number of nitrogens with zero attached hydrogens (tertiary/aromatic N) is 3. The number of halogens is 5. The van der Waals surface area contributed by atoms with Crippen LogP contribution in [0.5, 0.6) is 0 Å². The summed E-state index contributed by atoms with van der Waals surface area (Å²) in [7, 11) is 0. The van der Waals surface area contributed by atoms with Crippen molar-refractivity contribution in [2.24, 2.45) is 0 Å². The normalized spacial score (nSPS) is 18.1. The van der Waals surface area contributed by atoms with Crippen molar-refractivity contribution in [3.05, 3.63) is 63.3 Å². The molecule has 0 bridgehead atoms. The Morgan fingerprint density at radius 1 is 1.15 bits per heavy atom. The van der Waals surface area contributed by atoms with E-state index >= 15 is 0 Å². The van der Waals surface area contributed by atoms with Gasteiger partial charge in [-0.2, -0.15) is 13.2 Å². The molecule has 1 aliphatic rings. The van der Waals surface area contributed by atoms with Gasteiger partial charge in [0.25, 0.3) is 11.5 Å². The molecule has 10 heteroatoms. The van der Waals surface area contributed by atoms with Crippen LogP contribution < -0.4 is 10.9 Å². The Hall–Kier alpha value is -3.04. The summed E-state index contributed by atoms with van der Waals surface area (Å²) in [6.45, 7) is 6.34. The lowest BCUT2D eigenvalue weighted by atomic mass is 9.74. The van der Waals surface area contributed by atoms with Crippen LogP contribution >= 0.6 is 0 Å². The number of nitrogens with one attached hydrogen (secondary N) is 1. The first-order valence-electron chi connectivity index (χ1n) is 10.4. The monoisotopic (exact) mass is 466 g/mol. The number of hydrogen-bond acceptors (Lipinski definition) is 4. The first kappa shape index (κ1) is 23.1. The highest BCUT2D eigenvalue weighted by Crippen LogP contribution is 2.49. The van der Waals surface area contributed by atoms with Crippen molar-refractivity contribution in [3.63, 3.8) is 0 Å². The van der Waals surface area contributed by atoms with Gasteiger partial charge in [0.05, 0.1) is 28.0 Å². The summed E-state index contributed by atoms with van der Waals surface area (Å²) < 4.78 is 68.5. The van der Waals surface area contributed by atoms with E-state index in [4.69, 9.17) is 0 Å². The molecule has 5 nitrogen and oxygen atoms in total. The molecule has 1 aliphatic carbocycles. The molecule has 2 heterocycles. The van der Waals surface area contributed by atoms with Crippen LogP contribution in [0, 0.1) is 13.8 Å². The average Bonchev–Trinajstić information content (AvgIpc) is 2.64. The van der Waals surface area contributed by atoms with Gasteiger partial charge in [-0.1, -0.05) is 12.1 Å². The minimum absolute atomic E-state index is 0.0983. The predicted molar refractivity (Wildman–Crippen MR) is 115 cm³/mol. The Morgan fingerprint density at radius 3 is 2.42 bits per heavy atom. The van der Waals surface area contributed by atoms with Crippen LogP contribution in [0.3, 0.4) is 0 Å². The lowest BCUT2D eigenvalue weighted by molar-refractivity contribution is -0.146. The number of aryl methyl sites for hydroxylation is 1. The van der Waals surface area contributed by atoms with Crippen molar-refractivity contribution >= 4 is 16.7 Å². The molecule has 1 atom stereocenters. The van der Waals surface area contributed by atoms with Crippen LogP contribution in [0.2, 0.25) is 0 Å². The minimum Gasteiger partial charge on any atom is -0.363 e. The third-order valence-corrected chi connectivity index (χ3v) is 6.20. The van der Waals surface area contributed by atoms with Crippen LogP contribution in [-0.4, -0.2) is 20.5 Å². The van der Waals surface area contributed by atoms with Crippen LogP contribution in [0.4, 0.5) is 27.8 Å². The zero-order valence-electron chi connectivity index (χ0n) is 18.5. The van der Waals surface area contributed by atoms with Crippen LogP contribution in [0.15, 0.2) is 35.3 Å². The zero-order valence-corrected chi connectivity index (χ0v) is 18.5. The van der Waals surface area contributed by atoms with Gasteiger partial charge in [-0.25, -0.2) is 18.7 Å². The number of hydrogen-bond donors (Lipinski definition) is 1. The molecular formula is C23H23F5N4O. The largest absolute Gasteiger partial charge is 0.416 e. The van der Waals surface area contributed by atoms with E-state index < -0.39 is 47.6 Å². The maximum absolute atomic E-state index is 13.6. The van der Waals surface area contributed by atoms with Crippen LogP contribution in [0.1, 0.15) is 55.2 Å². The van der Waals surface area contributed by atoms with Crippen molar-refractivity contribution in [2.75, 3.05) is 5.32 Å². The van der Waals surface area contributed by atoms with E-state index in [1.54, 1.807) is 26.8 Å². The summed E-state index contributed by atoms with van der Waals surface area (Å²) in [5, 5.41) is 3.55. The number of benzene rings is 1. The molecule has 176 valence electrons. The highest BCUT2D eigenvalue weighted by Gasteiger charge is 2.55. The van der Waals surface area contributed by atoms with E-state index in [0.717, 1.165) is 6.07 Å². The van der Waals surface area contributed by atoms with Gasteiger partial charge in [0.1, 0.15) is 11.6 Å². The molecule has 0 saturated heterocycles. The maximum atomic E-state index is 13.6. The smallest absolute Gasteiger partial charge is 0.363 e. The number of alkyl halides is 5. The van der Waals surface area contributed by atoms with E-state index in [1.165, 1.54) is 29.8 Å². The van der Waals surface area contributed by atoms with Gasteiger partial charge in [-0.05, 0) is 44.9 Å². The second-order valence-electron chi connectivity index (χ2n) is 8.99. The maximum Gasteiger partial charge on any atom is 0.416 e. The lowest BCUT2D eigenvalue weighted by Crippen LogP contribution is -2.54. The Morgan fingerprint density at radius 2 is 1.82 bits per heavy atom. The fourth-order valence-corrected chi connectivity index (χ4v) is 4.70.